The number of hydrogen-bond donors (Lipinski definition) is 1. The number of dihydropyridines is 1. The van der Waals surface area contributed by atoms with Crippen molar-refractivity contribution in [2.75, 3.05) is 20.2 Å². The highest BCUT2D eigenvalue weighted by molar-refractivity contribution is 6.22. The van der Waals surface area contributed by atoms with E-state index in [1.54, 1.807) is 20.8 Å². The SMILES string of the molecule is COC(=O)C1=C(O)C2CCN(C(=O)OC(C)(C)C)CC2=NC1=O. The molecule has 2 rings (SSSR count). The molecule has 1 saturated heterocycles. The van der Waals surface area contributed by atoms with Crippen molar-refractivity contribution in [3.05, 3.63) is 11.3 Å². The number of fused-ring (bicyclic) bond motifs is 1. The maximum Gasteiger partial charge on any atom is 0.410 e. The molecule has 0 aliphatic carbocycles. The van der Waals surface area contributed by atoms with Crippen molar-refractivity contribution in [1.29, 1.82) is 0 Å². The van der Waals surface area contributed by atoms with E-state index in [1.165, 1.54) is 4.90 Å². The number of piperidine rings is 1. The molecule has 1 N–H and O–H groups in total. The minimum atomic E-state index is -0.912. The number of carbonyl (C=O) groups is 3. The molecule has 0 radical (unpaired) electrons. The summed E-state index contributed by atoms with van der Waals surface area (Å²) in [5.74, 6) is -2.66. The van der Waals surface area contributed by atoms with Gasteiger partial charge >= 0.3 is 12.1 Å². The van der Waals surface area contributed by atoms with E-state index >= 15 is 0 Å². The Kier molecular flexibility index (Phi) is 4.44. The Morgan fingerprint density at radius 1 is 1.35 bits per heavy atom. The lowest BCUT2D eigenvalue weighted by Crippen LogP contribution is -2.48. The largest absolute Gasteiger partial charge is 0.510 e. The Morgan fingerprint density at radius 2 is 2.00 bits per heavy atom. The summed E-state index contributed by atoms with van der Waals surface area (Å²) in [6.07, 6.45) is -0.161. The van der Waals surface area contributed by atoms with Crippen LogP contribution < -0.4 is 0 Å². The molecule has 1 atom stereocenters. The third-order valence-corrected chi connectivity index (χ3v) is 3.53. The average molecular weight is 324 g/mol. The Labute approximate surface area is 133 Å². The van der Waals surface area contributed by atoms with Gasteiger partial charge in [0.2, 0.25) is 0 Å². The van der Waals surface area contributed by atoms with Gasteiger partial charge in [-0.25, -0.2) is 14.6 Å². The third-order valence-electron chi connectivity index (χ3n) is 3.53. The van der Waals surface area contributed by atoms with Crippen molar-refractivity contribution >= 4 is 23.7 Å². The van der Waals surface area contributed by atoms with E-state index in [0.29, 0.717) is 18.7 Å². The van der Waals surface area contributed by atoms with Crippen LogP contribution in [0.4, 0.5) is 4.79 Å². The minimum Gasteiger partial charge on any atom is -0.510 e. The van der Waals surface area contributed by atoms with E-state index in [2.05, 4.69) is 9.73 Å². The van der Waals surface area contributed by atoms with Gasteiger partial charge in [-0.05, 0) is 27.2 Å². The standard InChI is InChI=1S/C15H20N2O6/c1-15(2,3)23-14(21)17-6-5-8-9(7-17)16-12(19)10(11(8)18)13(20)22-4/h8,18H,5-7H2,1-4H3. The molecule has 2 aliphatic heterocycles. The number of allylic oxidation sites excluding steroid dienone is 1. The van der Waals surface area contributed by atoms with Crippen LogP contribution in [0.15, 0.2) is 16.3 Å². The molecule has 0 spiro atoms. The first-order valence-corrected chi connectivity index (χ1v) is 7.25. The van der Waals surface area contributed by atoms with Gasteiger partial charge in [-0.2, -0.15) is 0 Å². The molecular weight excluding hydrogens is 304 g/mol. The van der Waals surface area contributed by atoms with Gasteiger partial charge in [0, 0.05) is 6.54 Å². The van der Waals surface area contributed by atoms with Crippen molar-refractivity contribution in [2.45, 2.75) is 32.8 Å². The van der Waals surface area contributed by atoms with Crippen LogP contribution in [-0.4, -0.2) is 59.5 Å². The van der Waals surface area contributed by atoms with Gasteiger partial charge in [0.1, 0.15) is 11.4 Å². The predicted molar refractivity (Wildman–Crippen MR) is 80.0 cm³/mol. The highest BCUT2D eigenvalue weighted by Gasteiger charge is 2.40. The van der Waals surface area contributed by atoms with Gasteiger partial charge in [-0.3, -0.25) is 4.79 Å². The Morgan fingerprint density at radius 3 is 2.57 bits per heavy atom. The fourth-order valence-corrected chi connectivity index (χ4v) is 2.49. The molecule has 1 fully saturated rings. The van der Waals surface area contributed by atoms with Crippen molar-refractivity contribution < 1.29 is 29.0 Å². The molecule has 1 unspecified atom stereocenters. The summed E-state index contributed by atoms with van der Waals surface area (Å²) >= 11 is 0. The first-order chi connectivity index (χ1) is 10.6. The number of methoxy groups -OCH3 is 1. The summed E-state index contributed by atoms with van der Waals surface area (Å²) < 4.78 is 9.78. The van der Waals surface area contributed by atoms with Crippen LogP contribution in [0.1, 0.15) is 27.2 Å². The fourth-order valence-electron chi connectivity index (χ4n) is 2.49. The second-order valence-electron chi connectivity index (χ2n) is 6.40. The summed E-state index contributed by atoms with van der Waals surface area (Å²) in [5, 5.41) is 10.2. The number of ether oxygens (including phenoxy) is 2. The van der Waals surface area contributed by atoms with E-state index in [9.17, 15) is 19.5 Å². The third kappa shape index (κ3) is 3.52. The number of aliphatic hydroxyl groups excluding tert-OH is 1. The number of aliphatic hydroxyl groups is 1. The number of esters is 1. The van der Waals surface area contributed by atoms with Crippen LogP contribution in [0.25, 0.3) is 0 Å². The van der Waals surface area contributed by atoms with Gasteiger partial charge in [0.05, 0.1) is 25.3 Å². The van der Waals surface area contributed by atoms with E-state index < -0.39 is 35.1 Å². The monoisotopic (exact) mass is 324 g/mol. The van der Waals surface area contributed by atoms with Crippen molar-refractivity contribution in [1.82, 2.24) is 4.90 Å². The van der Waals surface area contributed by atoms with Crippen molar-refractivity contribution in [3.63, 3.8) is 0 Å². The zero-order chi connectivity index (χ0) is 17.4. The van der Waals surface area contributed by atoms with Crippen LogP contribution in [-0.2, 0) is 19.1 Å². The zero-order valence-corrected chi connectivity index (χ0v) is 13.6. The Bertz CT molecular complexity index is 614. The van der Waals surface area contributed by atoms with Crippen molar-refractivity contribution in [2.24, 2.45) is 10.9 Å². The minimum absolute atomic E-state index is 0.0732. The van der Waals surface area contributed by atoms with Gasteiger partial charge < -0.3 is 19.5 Å². The number of amides is 2. The maximum atomic E-state index is 12.1. The van der Waals surface area contributed by atoms with Crippen molar-refractivity contribution in [3.8, 4) is 0 Å². The van der Waals surface area contributed by atoms with E-state index in [4.69, 9.17) is 4.74 Å². The molecule has 0 aromatic carbocycles. The molecular formula is C15H20N2O6. The van der Waals surface area contributed by atoms with Gasteiger partial charge in [0.15, 0.2) is 5.57 Å². The molecule has 2 amide bonds. The zero-order valence-electron chi connectivity index (χ0n) is 13.6. The average Bonchev–Trinajstić information content (AvgIpc) is 2.44. The number of likely N-dealkylation sites (tertiary alicyclic amines) is 1. The Hall–Kier alpha value is -2.38. The van der Waals surface area contributed by atoms with Crippen LogP contribution in [0.5, 0.6) is 0 Å². The van der Waals surface area contributed by atoms with Crippen LogP contribution in [0.2, 0.25) is 0 Å². The normalized spacial score (nSPS) is 21.6. The number of rotatable bonds is 1. The lowest BCUT2D eigenvalue weighted by Gasteiger charge is -2.35. The number of aliphatic imine (C=N–C) groups is 1. The second-order valence-corrected chi connectivity index (χ2v) is 6.40. The van der Waals surface area contributed by atoms with Gasteiger partial charge in [-0.1, -0.05) is 0 Å². The molecule has 8 heteroatoms. The van der Waals surface area contributed by atoms with Gasteiger partial charge in [0.25, 0.3) is 5.91 Å². The van der Waals surface area contributed by atoms with E-state index in [0.717, 1.165) is 7.11 Å². The first kappa shape index (κ1) is 17.0. The summed E-state index contributed by atoms with van der Waals surface area (Å²) in [6, 6.07) is 0. The summed E-state index contributed by atoms with van der Waals surface area (Å²) in [6.45, 7) is 5.68. The highest BCUT2D eigenvalue weighted by atomic mass is 16.6. The number of hydrogen-bond acceptors (Lipinski definition) is 6. The predicted octanol–water partition coefficient (Wildman–Crippen LogP) is 1.21. The first-order valence-electron chi connectivity index (χ1n) is 7.25. The van der Waals surface area contributed by atoms with Gasteiger partial charge in [-0.15, -0.1) is 0 Å². The van der Waals surface area contributed by atoms with Crippen LogP contribution in [0, 0.1) is 5.92 Å². The molecule has 0 aromatic rings. The molecule has 23 heavy (non-hydrogen) atoms. The lowest BCUT2D eigenvalue weighted by atomic mass is 9.88. The molecule has 2 heterocycles. The number of nitrogens with zero attached hydrogens (tertiary/aromatic N) is 2. The molecule has 2 aliphatic rings. The molecule has 8 nitrogen and oxygen atoms in total. The maximum absolute atomic E-state index is 12.1. The number of carbonyl (C=O) groups excluding carboxylic acids is 3. The smallest absolute Gasteiger partial charge is 0.410 e. The molecule has 0 bridgehead atoms. The molecule has 126 valence electrons. The Balaban J connectivity index is 2.17. The van der Waals surface area contributed by atoms with E-state index in [1.807, 2.05) is 0 Å². The quantitative estimate of drug-likeness (QED) is 0.574. The molecule has 0 saturated carbocycles. The summed E-state index contributed by atoms with van der Waals surface area (Å²) in [7, 11) is 1.13. The topological polar surface area (TPSA) is 106 Å². The van der Waals surface area contributed by atoms with Crippen LogP contribution >= 0.6 is 0 Å². The molecule has 0 aromatic heterocycles. The second kappa shape index (κ2) is 6.02. The fraction of sp³-hybridized carbons (Fsp3) is 0.600. The summed E-state index contributed by atoms with van der Waals surface area (Å²) in [5.41, 5.74) is -0.720. The van der Waals surface area contributed by atoms with Crippen LogP contribution in [0.3, 0.4) is 0 Å². The van der Waals surface area contributed by atoms with E-state index in [-0.39, 0.29) is 12.3 Å². The highest BCUT2D eigenvalue weighted by Crippen LogP contribution is 2.29. The lowest BCUT2D eigenvalue weighted by molar-refractivity contribution is -0.138. The summed E-state index contributed by atoms with van der Waals surface area (Å²) in [4.78, 5) is 40.9.